The van der Waals surface area contributed by atoms with Gasteiger partial charge in [-0.2, -0.15) is 0 Å². The van der Waals surface area contributed by atoms with Crippen molar-refractivity contribution in [3.63, 3.8) is 0 Å². The maximum atomic E-state index is 2.49. The molecular formula is C54H44N2. The van der Waals surface area contributed by atoms with Gasteiger partial charge in [0.05, 0.1) is 5.52 Å². The zero-order valence-corrected chi connectivity index (χ0v) is 31.7. The SMILES string of the molecule is C1=Cc2c(n(-c3ccc(N(c4ccc(-c5ccccc5)cc4)c4ccc5c(c4)-c4cc(-c6ccccc6)ccc4C54CCCCC4)cc3)c3ccccc23)CC1. The van der Waals surface area contributed by atoms with E-state index in [4.69, 9.17) is 0 Å². The zero-order chi connectivity index (χ0) is 37.1. The minimum Gasteiger partial charge on any atom is -0.313 e. The van der Waals surface area contributed by atoms with E-state index in [1.807, 2.05) is 0 Å². The fourth-order valence-corrected chi connectivity index (χ4v) is 10.2. The maximum Gasteiger partial charge on any atom is 0.0537 e. The molecule has 0 N–H and O–H groups in total. The van der Waals surface area contributed by atoms with Crippen molar-refractivity contribution < 1.29 is 0 Å². The second-order valence-corrected chi connectivity index (χ2v) is 15.9. The lowest BCUT2D eigenvalue weighted by molar-refractivity contribution is 0.353. The van der Waals surface area contributed by atoms with Gasteiger partial charge in [-0.1, -0.05) is 141 Å². The van der Waals surface area contributed by atoms with Gasteiger partial charge < -0.3 is 9.47 Å². The molecule has 11 rings (SSSR count). The van der Waals surface area contributed by atoms with Gasteiger partial charge in [0.25, 0.3) is 0 Å². The molecule has 56 heavy (non-hydrogen) atoms. The van der Waals surface area contributed by atoms with Crippen LogP contribution >= 0.6 is 0 Å². The monoisotopic (exact) mass is 720 g/mol. The number of hydrogen-bond donors (Lipinski definition) is 0. The number of benzene rings is 7. The highest BCUT2D eigenvalue weighted by Gasteiger charge is 2.44. The van der Waals surface area contributed by atoms with E-state index in [2.05, 4.69) is 191 Å². The molecule has 2 heteroatoms. The largest absolute Gasteiger partial charge is 0.313 e. The smallest absolute Gasteiger partial charge is 0.0537 e. The number of anilines is 3. The minimum absolute atomic E-state index is 0.0916. The summed E-state index contributed by atoms with van der Waals surface area (Å²) in [7, 11) is 0. The van der Waals surface area contributed by atoms with Crippen LogP contribution in [0, 0.1) is 0 Å². The van der Waals surface area contributed by atoms with Crippen molar-refractivity contribution >= 4 is 34.0 Å². The third-order valence-electron chi connectivity index (χ3n) is 12.9. The Kier molecular flexibility index (Phi) is 7.91. The van der Waals surface area contributed by atoms with Crippen molar-refractivity contribution in [2.45, 2.75) is 50.4 Å². The van der Waals surface area contributed by atoms with Crippen LogP contribution in [0.4, 0.5) is 17.1 Å². The van der Waals surface area contributed by atoms with E-state index in [9.17, 15) is 0 Å². The van der Waals surface area contributed by atoms with Crippen LogP contribution in [0.2, 0.25) is 0 Å². The summed E-state index contributed by atoms with van der Waals surface area (Å²) in [5.74, 6) is 0. The van der Waals surface area contributed by atoms with Gasteiger partial charge in [0.1, 0.15) is 0 Å². The highest BCUT2D eigenvalue weighted by Crippen LogP contribution is 2.57. The normalized spacial score (nSPS) is 15.1. The lowest BCUT2D eigenvalue weighted by atomic mass is 9.68. The van der Waals surface area contributed by atoms with Crippen molar-refractivity contribution in [3.05, 3.63) is 198 Å². The molecule has 1 fully saturated rings. The Labute approximate surface area is 330 Å². The number of para-hydroxylation sites is 1. The molecule has 0 radical (unpaired) electrons. The summed E-state index contributed by atoms with van der Waals surface area (Å²) in [4.78, 5) is 2.46. The van der Waals surface area contributed by atoms with Gasteiger partial charge in [0.2, 0.25) is 0 Å². The molecule has 1 saturated carbocycles. The molecule has 0 unspecified atom stereocenters. The Hall–Kier alpha value is -6.38. The molecule has 0 aliphatic heterocycles. The first kappa shape index (κ1) is 33.0. The van der Waals surface area contributed by atoms with Crippen molar-refractivity contribution in [3.8, 4) is 39.1 Å². The highest BCUT2D eigenvalue weighted by molar-refractivity contribution is 5.94. The van der Waals surface area contributed by atoms with Crippen LogP contribution in [0.3, 0.4) is 0 Å². The topological polar surface area (TPSA) is 8.17 Å². The van der Waals surface area contributed by atoms with E-state index in [0.29, 0.717) is 0 Å². The zero-order valence-electron chi connectivity index (χ0n) is 31.7. The van der Waals surface area contributed by atoms with Crippen LogP contribution in [0.5, 0.6) is 0 Å². The molecule has 1 spiro atoms. The quantitative estimate of drug-likeness (QED) is 0.166. The number of hydrogen-bond acceptors (Lipinski definition) is 1. The van der Waals surface area contributed by atoms with E-state index in [1.54, 1.807) is 0 Å². The first-order valence-corrected chi connectivity index (χ1v) is 20.5. The molecule has 2 nitrogen and oxygen atoms in total. The van der Waals surface area contributed by atoms with Gasteiger partial charge in [-0.3, -0.25) is 0 Å². The lowest BCUT2D eigenvalue weighted by Gasteiger charge is -2.36. The van der Waals surface area contributed by atoms with Crippen LogP contribution in [0.25, 0.3) is 56.0 Å². The molecule has 1 heterocycles. The number of rotatable bonds is 6. The third kappa shape index (κ3) is 5.31. The Morgan fingerprint density at radius 3 is 1.79 bits per heavy atom. The van der Waals surface area contributed by atoms with Crippen LogP contribution in [0.15, 0.2) is 176 Å². The summed E-state index contributed by atoms with van der Waals surface area (Å²) in [5, 5.41) is 1.33. The second kappa shape index (κ2) is 13.4. The van der Waals surface area contributed by atoms with Gasteiger partial charge in [-0.15, -0.1) is 0 Å². The predicted molar refractivity (Wildman–Crippen MR) is 235 cm³/mol. The van der Waals surface area contributed by atoms with E-state index >= 15 is 0 Å². The summed E-state index contributed by atoms with van der Waals surface area (Å²) < 4.78 is 2.48. The molecule has 0 saturated heterocycles. The third-order valence-corrected chi connectivity index (χ3v) is 12.9. The molecule has 3 aliphatic rings. The van der Waals surface area contributed by atoms with Gasteiger partial charge >= 0.3 is 0 Å². The summed E-state index contributed by atoms with van der Waals surface area (Å²) in [6.45, 7) is 0. The van der Waals surface area contributed by atoms with E-state index in [1.165, 1.54) is 110 Å². The fourth-order valence-electron chi connectivity index (χ4n) is 10.2. The summed E-state index contributed by atoms with van der Waals surface area (Å²) in [6.07, 6.45) is 13.1. The number of aromatic nitrogens is 1. The molecule has 3 aliphatic carbocycles. The Morgan fingerprint density at radius 1 is 0.482 bits per heavy atom. The van der Waals surface area contributed by atoms with Crippen molar-refractivity contribution in [2.75, 3.05) is 4.90 Å². The molecule has 1 aromatic heterocycles. The molecule has 7 aromatic carbocycles. The average molecular weight is 721 g/mol. The van der Waals surface area contributed by atoms with Crippen molar-refractivity contribution in [2.24, 2.45) is 0 Å². The first-order valence-electron chi connectivity index (χ1n) is 20.5. The van der Waals surface area contributed by atoms with Crippen molar-refractivity contribution in [1.29, 1.82) is 0 Å². The highest BCUT2D eigenvalue weighted by atomic mass is 15.1. The average Bonchev–Trinajstić information content (AvgIpc) is 3.74. The molecule has 0 bridgehead atoms. The standard InChI is InChI=1S/C54H44N2/c1-4-14-38(15-5-1)40-22-25-42(26-23-40)55(43-27-29-44(30-28-43)56-52-20-10-8-18-46(52)47-19-9-11-21-53(47)56)45-31-33-51-49(37-45)48-36-41(39-16-6-2-7-17-39)24-32-50(48)54(51)34-12-3-13-35-54/h1-2,4-10,14-20,22-33,36-37H,3,11-13,21,34-35H2. The summed E-state index contributed by atoms with van der Waals surface area (Å²) in [6, 6.07) is 63.4. The van der Waals surface area contributed by atoms with Crippen LogP contribution in [-0.4, -0.2) is 4.57 Å². The van der Waals surface area contributed by atoms with E-state index in [-0.39, 0.29) is 5.41 Å². The summed E-state index contributed by atoms with van der Waals surface area (Å²) >= 11 is 0. The molecule has 8 aromatic rings. The Morgan fingerprint density at radius 2 is 1.05 bits per heavy atom. The number of fused-ring (bicyclic) bond motifs is 8. The van der Waals surface area contributed by atoms with Crippen LogP contribution < -0.4 is 4.90 Å². The van der Waals surface area contributed by atoms with Gasteiger partial charge in [0.15, 0.2) is 0 Å². The predicted octanol–water partition coefficient (Wildman–Crippen LogP) is 14.6. The molecule has 0 amide bonds. The Balaban J connectivity index is 1.06. The van der Waals surface area contributed by atoms with E-state index < -0.39 is 0 Å². The maximum absolute atomic E-state index is 2.49. The number of nitrogens with zero attached hydrogens (tertiary/aromatic N) is 2. The van der Waals surface area contributed by atoms with Crippen LogP contribution in [0.1, 0.15) is 60.9 Å². The summed E-state index contributed by atoms with van der Waals surface area (Å²) in [5.41, 5.74) is 19.6. The fraction of sp³-hybridized carbons (Fsp3) is 0.148. The first-order chi connectivity index (χ1) is 27.7. The number of allylic oxidation sites excluding steroid dienone is 1. The minimum atomic E-state index is 0.0916. The lowest BCUT2D eigenvalue weighted by Crippen LogP contribution is -2.28. The van der Waals surface area contributed by atoms with Crippen LogP contribution in [-0.2, 0) is 11.8 Å². The molecule has 270 valence electrons. The van der Waals surface area contributed by atoms with E-state index in [0.717, 1.165) is 24.2 Å². The second-order valence-electron chi connectivity index (χ2n) is 15.9. The van der Waals surface area contributed by atoms with Gasteiger partial charge in [0, 0.05) is 44.8 Å². The van der Waals surface area contributed by atoms with Crippen molar-refractivity contribution in [1.82, 2.24) is 4.57 Å². The Bertz CT molecular complexity index is 2750. The van der Waals surface area contributed by atoms with Gasteiger partial charge in [-0.25, -0.2) is 0 Å². The van der Waals surface area contributed by atoms with Gasteiger partial charge in [-0.05, 0) is 131 Å². The molecular weight excluding hydrogens is 677 g/mol. The molecule has 0 atom stereocenters.